The molecule has 0 radical (unpaired) electrons. The molecule has 0 aliphatic rings. The molecule has 0 bridgehead atoms. The molecule has 32 heavy (non-hydrogen) atoms. The zero-order valence-corrected chi connectivity index (χ0v) is 17.8. The fourth-order valence-electron chi connectivity index (χ4n) is 3.10. The van der Waals surface area contributed by atoms with E-state index in [1.54, 1.807) is 30.3 Å². The Morgan fingerprint density at radius 1 is 1.09 bits per heavy atom. The average molecular weight is 430 g/mol. The molecule has 0 saturated carbocycles. The standard InChI is InChI=1S/C26H23FN2O3/c1-18(21-8-4-3-5-9-21)29-26(30)22(16-28)13-19-11-12-24(25(15-19)31-2)32-17-20-7-6-10-23(27)14-20/h3-15,18H,17H2,1-2H3,(H,29,30)/b22-13+/t18-/m0/s1. The van der Waals surface area contributed by atoms with E-state index in [1.165, 1.54) is 25.3 Å². The summed E-state index contributed by atoms with van der Waals surface area (Å²) in [5, 5.41) is 12.3. The third kappa shape index (κ3) is 5.96. The van der Waals surface area contributed by atoms with Gasteiger partial charge in [-0.05, 0) is 54.0 Å². The van der Waals surface area contributed by atoms with Crippen LogP contribution in [0.2, 0.25) is 0 Å². The highest BCUT2D eigenvalue weighted by atomic mass is 19.1. The number of nitrogens with one attached hydrogen (secondary N) is 1. The highest BCUT2D eigenvalue weighted by Crippen LogP contribution is 2.30. The van der Waals surface area contributed by atoms with Crippen LogP contribution in [0.3, 0.4) is 0 Å². The second-order valence-corrected chi connectivity index (χ2v) is 7.10. The number of methoxy groups -OCH3 is 1. The van der Waals surface area contributed by atoms with Crippen molar-refractivity contribution in [3.05, 3.63) is 101 Å². The van der Waals surface area contributed by atoms with Crippen LogP contribution < -0.4 is 14.8 Å². The highest BCUT2D eigenvalue weighted by Gasteiger charge is 2.14. The minimum Gasteiger partial charge on any atom is -0.493 e. The average Bonchev–Trinajstić information content (AvgIpc) is 2.82. The Balaban J connectivity index is 1.73. The van der Waals surface area contributed by atoms with Gasteiger partial charge in [-0.2, -0.15) is 5.26 Å². The molecule has 0 spiro atoms. The van der Waals surface area contributed by atoms with Gasteiger partial charge >= 0.3 is 0 Å². The molecule has 1 amide bonds. The van der Waals surface area contributed by atoms with E-state index in [0.717, 1.165) is 5.56 Å². The van der Waals surface area contributed by atoms with Crippen LogP contribution in [0.25, 0.3) is 6.08 Å². The van der Waals surface area contributed by atoms with Crippen LogP contribution in [0.4, 0.5) is 4.39 Å². The Bertz CT molecular complexity index is 1150. The Hall–Kier alpha value is -4.11. The summed E-state index contributed by atoms with van der Waals surface area (Å²) in [6, 6.07) is 22.4. The normalized spacial score (nSPS) is 11.9. The first-order chi connectivity index (χ1) is 15.5. The minimum absolute atomic E-state index is 0.0248. The lowest BCUT2D eigenvalue weighted by molar-refractivity contribution is -0.117. The number of carbonyl (C=O) groups is 1. The molecule has 0 saturated heterocycles. The molecule has 0 aliphatic carbocycles. The summed E-state index contributed by atoms with van der Waals surface area (Å²) in [6.07, 6.45) is 1.49. The van der Waals surface area contributed by atoms with Crippen LogP contribution in [0.15, 0.2) is 78.4 Å². The van der Waals surface area contributed by atoms with E-state index in [-0.39, 0.29) is 24.0 Å². The molecule has 0 fully saturated rings. The number of nitrogens with zero attached hydrogens (tertiary/aromatic N) is 1. The van der Waals surface area contributed by atoms with Crippen molar-refractivity contribution in [2.45, 2.75) is 19.6 Å². The lowest BCUT2D eigenvalue weighted by atomic mass is 10.1. The predicted molar refractivity (Wildman–Crippen MR) is 120 cm³/mol. The zero-order chi connectivity index (χ0) is 22.9. The van der Waals surface area contributed by atoms with Gasteiger partial charge in [0.15, 0.2) is 11.5 Å². The summed E-state index contributed by atoms with van der Waals surface area (Å²) in [7, 11) is 1.50. The maximum Gasteiger partial charge on any atom is 0.262 e. The topological polar surface area (TPSA) is 71.3 Å². The smallest absolute Gasteiger partial charge is 0.262 e. The SMILES string of the molecule is COc1cc(/C=C(\C#N)C(=O)N[C@@H](C)c2ccccc2)ccc1OCc1cccc(F)c1. The maximum absolute atomic E-state index is 13.3. The van der Waals surface area contributed by atoms with Gasteiger partial charge in [0.25, 0.3) is 5.91 Å². The van der Waals surface area contributed by atoms with E-state index in [9.17, 15) is 14.4 Å². The van der Waals surface area contributed by atoms with Gasteiger partial charge in [0.05, 0.1) is 13.2 Å². The Morgan fingerprint density at radius 2 is 1.88 bits per heavy atom. The number of nitriles is 1. The van der Waals surface area contributed by atoms with Crippen LogP contribution in [0.1, 0.15) is 29.7 Å². The lowest BCUT2D eigenvalue weighted by Crippen LogP contribution is -2.27. The molecule has 3 rings (SSSR count). The van der Waals surface area contributed by atoms with E-state index in [0.29, 0.717) is 22.6 Å². The van der Waals surface area contributed by atoms with Gasteiger partial charge in [-0.3, -0.25) is 4.79 Å². The molecule has 1 N–H and O–H groups in total. The van der Waals surface area contributed by atoms with E-state index < -0.39 is 5.91 Å². The van der Waals surface area contributed by atoms with E-state index in [1.807, 2.05) is 43.3 Å². The first kappa shape index (κ1) is 22.6. The first-order valence-electron chi connectivity index (χ1n) is 10.0. The lowest BCUT2D eigenvalue weighted by Gasteiger charge is -2.14. The van der Waals surface area contributed by atoms with Gasteiger partial charge < -0.3 is 14.8 Å². The Morgan fingerprint density at radius 3 is 2.56 bits per heavy atom. The molecule has 5 nitrogen and oxygen atoms in total. The third-order valence-corrected chi connectivity index (χ3v) is 4.79. The van der Waals surface area contributed by atoms with E-state index in [2.05, 4.69) is 5.32 Å². The van der Waals surface area contributed by atoms with Crippen LogP contribution in [0.5, 0.6) is 11.5 Å². The fourth-order valence-corrected chi connectivity index (χ4v) is 3.10. The molecule has 1 atom stereocenters. The maximum atomic E-state index is 13.3. The molecule has 3 aromatic rings. The molecular weight excluding hydrogens is 407 g/mol. The van der Waals surface area contributed by atoms with Crippen molar-refractivity contribution in [3.8, 4) is 17.6 Å². The number of halogens is 1. The number of carbonyl (C=O) groups excluding carboxylic acids is 1. The summed E-state index contributed by atoms with van der Waals surface area (Å²) >= 11 is 0. The van der Waals surface area contributed by atoms with Crippen molar-refractivity contribution in [2.75, 3.05) is 7.11 Å². The van der Waals surface area contributed by atoms with Gasteiger partial charge in [-0.15, -0.1) is 0 Å². The molecule has 0 unspecified atom stereocenters. The second-order valence-electron chi connectivity index (χ2n) is 7.10. The summed E-state index contributed by atoms with van der Waals surface area (Å²) in [4.78, 5) is 12.6. The van der Waals surface area contributed by atoms with E-state index >= 15 is 0 Å². The molecule has 0 aliphatic heterocycles. The van der Waals surface area contributed by atoms with Crippen LogP contribution in [-0.4, -0.2) is 13.0 Å². The molecule has 3 aromatic carbocycles. The molecule has 6 heteroatoms. The van der Waals surface area contributed by atoms with Crippen molar-refractivity contribution >= 4 is 12.0 Å². The summed E-state index contributed by atoms with van der Waals surface area (Å²) in [5.74, 6) is 0.108. The number of ether oxygens (including phenoxy) is 2. The van der Waals surface area contributed by atoms with Gasteiger partial charge in [0.2, 0.25) is 0 Å². The zero-order valence-electron chi connectivity index (χ0n) is 17.8. The van der Waals surface area contributed by atoms with Crippen molar-refractivity contribution in [2.24, 2.45) is 0 Å². The number of hydrogen-bond acceptors (Lipinski definition) is 4. The Labute approximate surface area is 186 Å². The van der Waals surface area contributed by atoms with Crippen molar-refractivity contribution in [3.63, 3.8) is 0 Å². The summed E-state index contributed by atoms with van der Waals surface area (Å²) in [6.45, 7) is 2.03. The second kappa shape index (κ2) is 10.8. The van der Waals surface area contributed by atoms with Crippen molar-refractivity contribution in [1.82, 2.24) is 5.32 Å². The largest absolute Gasteiger partial charge is 0.493 e. The van der Waals surface area contributed by atoms with Crippen LogP contribution in [0, 0.1) is 17.1 Å². The predicted octanol–water partition coefficient (Wildman–Crippen LogP) is 5.20. The van der Waals surface area contributed by atoms with Gasteiger partial charge in [-0.1, -0.05) is 48.5 Å². The molecule has 0 heterocycles. The minimum atomic E-state index is -0.464. The Kier molecular flexibility index (Phi) is 7.60. The van der Waals surface area contributed by atoms with Gasteiger partial charge in [0.1, 0.15) is 24.1 Å². The number of hydrogen-bond donors (Lipinski definition) is 1. The van der Waals surface area contributed by atoms with Crippen molar-refractivity contribution < 1.29 is 18.7 Å². The van der Waals surface area contributed by atoms with E-state index in [4.69, 9.17) is 9.47 Å². The number of rotatable bonds is 8. The van der Waals surface area contributed by atoms with Crippen LogP contribution >= 0.6 is 0 Å². The first-order valence-corrected chi connectivity index (χ1v) is 10.0. The van der Waals surface area contributed by atoms with Crippen molar-refractivity contribution in [1.29, 1.82) is 5.26 Å². The molecule has 162 valence electrons. The van der Waals surface area contributed by atoms with Gasteiger partial charge in [-0.25, -0.2) is 4.39 Å². The van der Waals surface area contributed by atoms with Crippen LogP contribution in [-0.2, 0) is 11.4 Å². The number of benzene rings is 3. The molecule has 0 aromatic heterocycles. The third-order valence-electron chi connectivity index (χ3n) is 4.79. The summed E-state index contributed by atoms with van der Waals surface area (Å²) < 4.78 is 24.5. The highest BCUT2D eigenvalue weighted by molar-refractivity contribution is 6.01. The molecular formula is C26H23FN2O3. The monoisotopic (exact) mass is 430 g/mol. The fraction of sp³-hybridized carbons (Fsp3) is 0.154. The summed E-state index contributed by atoms with van der Waals surface area (Å²) in [5.41, 5.74) is 2.22. The quantitative estimate of drug-likeness (QED) is 0.394. The van der Waals surface area contributed by atoms with Gasteiger partial charge in [0, 0.05) is 0 Å². The number of amides is 1.